The Morgan fingerprint density at radius 1 is 1.31 bits per heavy atom. The number of aromatic nitrogens is 2. The van der Waals surface area contributed by atoms with Crippen molar-refractivity contribution in [3.05, 3.63) is 46.3 Å². The summed E-state index contributed by atoms with van der Waals surface area (Å²) in [5.74, 6) is 0.812. The number of nitrogens with zero attached hydrogens (tertiary/aromatic N) is 3. The van der Waals surface area contributed by atoms with Crippen molar-refractivity contribution in [3.63, 3.8) is 0 Å². The maximum absolute atomic E-state index is 10.5. The molecular weight excluding hydrogens is 206 g/mol. The predicted molar refractivity (Wildman–Crippen MR) is 60.0 cm³/mol. The van der Waals surface area contributed by atoms with Gasteiger partial charge in [0.05, 0.1) is 10.6 Å². The molecular formula is C11H11N3O2. The standard InChI is InChI=1S/C11H11N3O2/c1-8-7-13(2)11(12-8)9-3-5-10(6-4-9)14(15)16/h3-7H,1-2H3. The summed E-state index contributed by atoms with van der Waals surface area (Å²) >= 11 is 0. The van der Waals surface area contributed by atoms with Gasteiger partial charge < -0.3 is 4.57 Å². The van der Waals surface area contributed by atoms with E-state index in [1.807, 2.05) is 24.7 Å². The molecule has 5 nitrogen and oxygen atoms in total. The molecule has 0 radical (unpaired) electrons. The molecule has 1 aromatic heterocycles. The zero-order valence-corrected chi connectivity index (χ0v) is 9.04. The maximum Gasteiger partial charge on any atom is 0.269 e. The van der Waals surface area contributed by atoms with Crippen LogP contribution >= 0.6 is 0 Å². The van der Waals surface area contributed by atoms with Crippen molar-refractivity contribution in [1.82, 2.24) is 9.55 Å². The first-order valence-corrected chi connectivity index (χ1v) is 4.83. The second kappa shape index (κ2) is 3.77. The fraction of sp³-hybridized carbons (Fsp3) is 0.182. The highest BCUT2D eigenvalue weighted by atomic mass is 16.6. The van der Waals surface area contributed by atoms with Crippen LogP contribution in [0.25, 0.3) is 11.4 Å². The van der Waals surface area contributed by atoms with Gasteiger partial charge in [-0.1, -0.05) is 0 Å². The number of hydrogen-bond acceptors (Lipinski definition) is 3. The minimum atomic E-state index is -0.409. The van der Waals surface area contributed by atoms with Crippen molar-refractivity contribution < 1.29 is 4.92 Å². The van der Waals surface area contributed by atoms with Crippen LogP contribution in [0, 0.1) is 17.0 Å². The van der Waals surface area contributed by atoms with Gasteiger partial charge in [0.2, 0.25) is 0 Å². The average Bonchev–Trinajstić information content (AvgIpc) is 2.58. The lowest BCUT2D eigenvalue weighted by molar-refractivity contribution is -0.384. The van der Waals surface area contributed by atoms with E-state index in [4.69, 9.17) is 0 Å². The minimum absolute atomic E-state index is 0.0923. The first-order chi connectivity index (χ1) is 7.58. The van der Waals surface area contributed by atoms with E-state index in [1.165, 1.54) is 12.1 Å². The maximum atomic E-state index is 10.5. The molecule has 0 aliphatic heterocycles. The fourth-order valence-electron chi connectivity index (χ4n) is 1.62. The van der Waals surface area contributed by atoms with Crippen molar-refractivity contribution in [1.29, 1.82) is 0 Å². The van der Waals surface area contributed by atoms with Gasteiger partial charge in [0, 0.05) is 30.9 Å². The van der Waals surface area contributed by atoms with Gasteiger partial charge >= 0.3 is 0 Å². The van der Waals surface area contributed by atoms with Gasteiger partial charge in [-0.3, -0.25) is 10.1 Å². The number of imidazole rings is 1. The zero-order valence-electron chi connectivity index (χ0n) is 9.04. The fourth-order valence-corrected chi connectivity index (χ4v) is 1.62. The quantitative estimate of drug-likeness (QED) is 0.572. The molecule has 0 fully saturated rings. The van der Waals surface area contributed by atoms with E-state index < -0.39 is 4.92 Å². The second-order valence-corrected chi connectivity index (χ2v) is 3.62. The number of aryl methyl sites for hydroxylation is 2. The molecule has 0 saturated heterocycles. The molecule has 0 atom stereocenters. The Kier molecular flexibility index (Phi) is 2.44. The number of non-ortho nitro benzene ring substituents is 1. The third-order valence-corrected chi connectivity index (χ3v) is 2.33. The smallest absolute Gasteiger partial charge is 0.269 e. The normalized spacial score (nSPS) is 10.4. The van der Waals surface area contributed by atoms with Crippen LogP contribution in [-0.4, -0.2) is 14.5 Å². The van der Waals surface area contributed by atoms with Gasteiger partial charge in [0.15, 0.2) is 0 Å². The molecule has 0 spiro atoms. The molecule has 0 unspecified atom stereocenters. The Balaban J connectivity index is 2.42. The molecule has 5 heteroatoms. The Hall–Kier alpha value is -2.17. The minimum Gasteiger partial charge on any atom is -0.334 e. The van der Waals surface area contributed by atoms with E-state index in [1.54, 1.807) is 12.1 Å². The lowest BCUT2D eigenvalue weighted by Gasteiger charge is -2.00. The third-order valence-electron chi connectivity index (χ3n) is 2.33. The summed E-state index contributed by atoms with van der Waals surface area (Å²) < 4.78 is 1.90. The van der Waals surface area contributed by atoms with Gasteiger partial charge in [-0.25, -0.2) is 4.98 Å². The van der Waals surface area contributed by atoms with E-state index in [2.05, 4.69) is 4.98 Å². The summed E-state index contributed by atoms with van der Waals surface area (Å²) in [7, 11) is 1.90. The van der Waals surface area contributed by atoms with E-state index in [0.29, 0.717) is 0 Å². The average molecular weight is 217 g/mol. The van der Waals surface area contributed by atoms with Crippen LogP contribution in [0.5, 0.6) is 0 Å². The van der Waals surface area contributed by atoms with E-state index >= 15 is 0 Å². The summed E-state index contributed by atoms with van der Waals surface area (Å²) in [6.07, 6.45) is 1.91. The molecule has 0 bridgehead atoms. The number of benzene rings is 1. The predicted octanol–water partition coefficient (Wildman–Crippen LogP) is 2.30. The summed E-state index contributed by atoms with van der Waals surface area (Å²) in [4.78, 5) is 14.4. The highest BCUT2D eigenvalue weighted by molar-refractivity contribution is 5.58. The topological polar surface area (TPSA) is 61.0 Å². The molecule has 1 aromatic carbocycles. The monoisotopic (exact) mass is 217 g/mol. The largest absolute Gasteiger partial charge is 0.334 e. The van der Waals surface area contributed by atoms with E-state index in [0.717, 1.165) is 17.1 Å². The first kappa shape index (κ1) is 10.4. The Labute approximate surface area is 92.5 Å². The molecule has 2 aromatic rings. The van der Waals surface area contributed by atoms with Gasteiger partial charge in [0.1, 0.15) is 5.82 Å². The number of rotatable bonds is 2. The van der Waals surface area contributed by atoms with Gasteiger partial charge in [-0.05, 0) is 19.1 Å². The van der Waals surface area contributed by atoms with Crippen LogP contribution in [0.2, 0.25) is 0 Å². The summed E-state index contributed by atoms with van der Waals surface area (Å²) in [6, 6.07) is 6.39. The molecule has 0 saturated carbocycles. The third kappa shape index (κ3) is 1.79. The van der Waals surface area contributed by atoms with Crippen LogP contribution in [0.3, 0.4) is 0 Å². The van der Waals surface area contributed by atoms with Gasteiger partial charge in [-0.15, -0.1) is 0 Å². The lowest BCUT2D eigenvalue weighted by atomic mass is 10.2. The molecule has 0 amide bonds. The molecule has 2 rings (SSSR count). The van der Waals surface area contributed by atoms with Crippen molar-refractivity contribution in [3.8, 4) is 11.4 Å². The van der Waals surface area contributed by atoms with Crippen molar-refractivity contribution in [2.45, 2.75) is 6.92 Å². The zero-order chi connectivity index (χ0) is 11.7. The molecule has 0 aliphatic rings. The number of hydrogen-bond donors (Lipinski definition) is 0. The van der Waals surface area contributed by atoms with E-state index in [-0.39, 0.29) is 5.69 Å². The lowest BCUT2D eigenvalue weighted by Crippen LogP contribution is -1.92. The Morgan fingerprint density at radius 3 is 2.38 bits per heavy atom. The molecule has 82 valence electrons. The van der Waals surface area contributed by atoms with Crippen LogP contribution < -0.4 is 0 Å². The molecule has 0 aliphatic carbocycles. The van der Waals surface area contributed by atoms with Crippen molar-refractivity contribution in [2.24, 2.45) is 7.05 Å². The highest BCUT2D eigenvalue weighted by Gasteiger charge is 2.08. The summed E-state index contributed by atoms with van der Waals surface area (Å²) in [5, 5.41) is 10.5. The van der Waals surface area contributed by atoms with Crippen LogP contribution in [-0.2, 0) is 7.05 Å². The van der Waals surface area contributed by atoms with Crippen molar-refractivity contribution in [2.75, 3.05) is 0 Å². The SMILES string of the molecule is Cc1cn(C)c(-c2ccc([N+](=O)[O-])cc2)n1. The number of nitro groups is 1. The molecule has 1 heterocycles. The van der Waals surface area contributed by atoms with Crippen LogP contribution in [0.4, 0.5) is 5.69 Å². The summed E-state index contributed by atoms with van der Waals surface area (Å²) in [6.45, 7) is 1.91. The number of nitro benzene ring substituents is 1. The molecule has 0 N–H and O–H groups in total. The Bertz CT molecular complexity index is 529. The Morgan fingerprint density at radius 2 is 1.94 bits per heavy atom. The van der Waals surface area contributed by atoms with E-state index in [9.17, 15) is 10.1 Å². The van der Waals surface area contributed by atoms with Crippen LogP contribution in [0.1, 0.15) is 5.69 Å². The molecule has 16 heavy (non-hydrogen) atoms. The first-order valence-electron chi connectivity index (χ1n) is 4.83. The second-order valence-electron chi connectivity index (χ2n) is 3.62. The van der Waals surface area contributed by atoms with Crippen LogP contribution in [0.15, 0.2) is 30.5 Å². The van der Waals surface area contributed by atoms with Crippen molar-refractivity contribution >= 4 is 5.69 Å². The highest BCUT2D eigenvalue weighted by Crippen LogP contribution is 2.21. The summed E-state index contributed by atoms with van der Waals surface area (Å²) in [5.41, 5.74) is 1.90. The van der Waals surface area contributed by atoms with Gasteiger partial charge in [0.25, 0.3) is 5.69 Å². The van der Waals surface area contributed by atoms with Gasteiger partial charge in [-0.2, -0.15) is 0 Å².